The molecule has 0 aromatic rings. The van der Waals surface area contributed by atoms with E-state index in [9.17, 15) is 0 Å². The maximum Gasteiger partial charge on any atom is 0.113 e. The molecule has 1 fully saturated rings. The van der Waals surface area contributed by atoms with E-state index in [0.29, 0.717) is 13.2 Å². The maximum atomic E-state index is 6.52. The molecule has 0 aliphatic carbocycles. The molecule has 1 rings (SSSR count). The maximum absolute atomic E-state index is 6.52. The summed E-state index contributed by atoms with van der Waals surface area (Å²) in [5, 5.41) is 0. The highest BCUT2D eigenvalue weighted by molar-refractivity contribution is 4.97. The third kappa shape index (κ3) is 11.4. The molecule has 1 heterocycles. The predicted molar refractivity (Wildman–Crippen MR) is 127 cm³/mol. The monoisotopic (exact) mass is 445 g/mol. The van der Waals surface area contributed by atoms with Gasteiger partial charge in [-0.1, -0.05) is 53.4 Å². The Balaban J connectivity index is 3.02. The normalized spacial score (nSPS) is 24.7. The van der Waals surface area contributed by atoms with E-state index in [2.05, 4.69) is 32.6 Å². The number of rotatable bonds is 20. The van der Waals surface area contributed by atoms with E-state index < -0.39 is 0 Å². The van der Waals surface area contributed by atoms with E-state index in [1.54, 1.807) is 7.11 Å². The van der Waals surface area contributed by atoms with Crippen LogP contribution in [0.1, 0.15) is 79.1 Å². The van der Waals surface area contributed by atoms with E-state index in [0.717, 1.165) is 90.9 Å². The van der Waals surface area contributed by atoms with Crippen molar-refractivity contribution in [3.05, 3.63) is 0 Å². The first-order chi connectivity index (χ1) is 15.2. The van der Waals surface area contributed by atoms with Crippen molar-refractivity contribution in [2.24, 2.45) is 0 Å². The lowest BCUT2D eigenvalue weighted by atomic mass is 9.93. The number of likely N-dealkylation sites (tertiary alicyclic amines) is 1. The summed E-state index contributed by atoms with van der Waals surface area (Å²) in [6.07, 6.45) is 8.70. The first-order valence-electron chi connectivity index (χ1n) is 12.9. The molecular formula is C25H51NO5. The molecule has 0 aromatic carbocycles. The molecule has 0 bridgehead atoms. The first kappa shape index (κ1) is 28.8. The van der Waals surface area contributed by atoms with Gasteiger partial charge in [0.1, 0.15) is 12.2 Å². The van der Waals surface area contributed by atoms with Crippen LogP contribution in [0.3, 0.4) is 0 Å². The Morgan fingerprint density at radius 1 is 0.677 bits per heavy atom. The van der Waals surface area contributed by atoms with Gasteiger partial charge in [-0.25, -0.2) is 0 Å². The predicted octanol–water partition coefficient (Wildman–Crippen LogP) is 4.69. The van der Waals surface area contributed by atoms with Crippen LogP contribution < -0.4 is 0 Å². The van der Waals surface area contributed by atoms with Crippen LogP contribution in [0, 0.1) is 0 Å². The molecule has 0 unspecified atom stereocenters. The van der Waals surface area contributed by atoms with Crippen molar-refractivity contribution in [1.29, 1.82) is 0 Å². The van der Waals surface area contributed by atoms with Crippen LogP contribution in [0.5, 0.6) is 0 Å². The van der Waals surface area contributed by atoms with Crippen molar-refractivity contribution >= 4 is 0 Å². The van der Waals surface area contributed by atoms with Crippen LogP contribution in [0.2, 0.25) is 0 Å². The van der Waals surface area contributed by atoms with Crippen molar-refractivity contribution < 1.29 is 23.7 Å². The van der Waals surface area contributed by atoms with Gasteiger partial charge < -0.3 is 23.7 Å². The van der Waals surface area contributed by atoms with Gasteiger partial charge in [0.05, 0.1) is 25.4 Å². The van der Waals surface area contributed by atoms with Gasteiger partial charge in [-0.2, -0.15) is 0 Å². The summed E-state index contributed by atoms with van der Waals surface area (Å²) in [6, 6.07) is 0.154. The molecule has 0 aromatic heterocycles. The second-order valence-electron chi connectivity index (χ2n) is 8.62. The molecule has 4 atom stereocenters. The molecule has 0 amide bonds. The van der Waals surface area contributed by atoms with E-state index in [4.69, 9.17) is 23.7 Å². The van der Waals surface area contributed by atoms with Crippen molar-refractivity contribution in [3.8, 4) is 0 Å². The molecular weight excluding hydrogens is 394 g/mol. The van der Waals surface area contributed by atoms with Crippen LogP contribution in [-0.2, 0) is 23.7 Å². The third-order valence-corrected chi connectivity index (χ3v) is 5.91. The van der Waals surface area contributed by atoms with Crippen LogP contribution in [0.4, 0.5) is 0 Å². The van der Waals surface area contributed by atoms with Gasteiger partial charge in [0.25, 0.3) is 0 Å². The minimum atomic E-state index is -0.0566. The zero-order chi connectivity index (χ0) is 22.7. The Morgan fingerprint density at radius 2 is 1.23 bits per heavy atom. The van der Waals surface area contributed by atoms with E-state index in [1.165, 1.54) is 0 Å². The minimum absolute atomic E-state index is 0.0128. The molecule has 6 nitrogen and oxygen atoms in total. The Hall–Kier alpha value is -0.240. The summed E-state index contributed by atoms with van der Waals surface area (Å²) in [6.45, 7) is 14.9. The summed E-state index contributed by atoms with van der Waals surface area (Å²) in [4.78, 5) is 2.45. The molecule has 0 radical (unpaired) electrons. The van der Waals surface area contributed by atoms with E-state index in [1.807, 2.05) is 0 Å². The molecule has 1 aliphatic rings. The number of piperidine rings is 1. The molecule has 0 N–H and O–H groups in total. The molecule has 1 saturated heterocycles. The molecule has 31 heavy (non-hydrogen) atoms. The lowest BCUT2D eigenvalue weighted by molar-refractivity contribution is -0.202. The average molecular weight is 446 g/mol. The molecule has 0 spiro atoms. The minimum Gasteiger partial charge on any atom is -0.383 e. The van der Waals surface area contributed by atoms with Crippen LogP contribution >= 0.6 is 0 Å². The Kier molecular flexibility index (Phi) is 17.9. The van der Waals surface area contributed by atoms with Gasteiger partial charge in [-0.05, 0) is 25.7 Å². The van der Waals surface area contributed by atoms with E-state index >= 15 is 0 Å². The van der Waals surface area contributed by atoms with Crippen molar-refractivity contribution in [2.45, 2.75) is 103 Å². The fourth-order valence-electron chi connectivity index (χ4n) is 3.89. The largest absolute Gasteiger partial charge is 0.383 e. The standard InChI is InChI=1S/C25H51NO5/c1-6-10-15-28-21-22-24(30-17-12-8-3)25(31-18-13-9-4)23(29-16-11-7-2)20-26(22)14-19-27-5/h22-25H,6-21H2,1-5H3/t22-,23+,24-,25-/m1/s1. The summed E-state index contributed by atoms with van der Waals surface area (Å²) < 4.78 is 30.9. The number of ether oxygens (including phenoxy) is 5. The van der Waals surface area contributed by atoms with Gasteiger partial charge >= 0.3 is 0 Å². The summed E-state index contributed by atoms with van der Waals surface area (Å²) >= 11 is 0. The summed E-state index contributed by atoms with van der Waals surface area (Å²) in [5.74, 6) is 0. The Bertz CT molecular complexity index is 396. The van der Waals surface area contributed by atoms with Crippen LogP contribution in [0.25, 0.3) is 0 Å². The lowest BCUT2D eigenvalue weighted by Gasteiger charge is -2.48. The van der Waals surface area contributed by atoms with Crippen molar-refractivity contribution in [1.82, 2.24) is 4.90 Å². The number of hydrogen-bond donors (Lipinski definition) is 0. The second kappa shape index (κ2) is 19.2. The Morgan fingerprint density at radius 3 is 1.81 bits per heavy atom. The number of unbranched alkanes of at least 4 members (excludes halogenated alkanes) is 4. The van der Waals surface area contributed by atoms with E-state index in [-0.39, 0.29) is 24.4 Å². The molecule has 1 aliphatic heterocycles. The average Bonchev–Trinajstić information content (AvgIpc) is 2.78. The van der Waals surface area contributed by atoms with Gasteiger partial charge in [-0.3, -0.25) is 4.90 Å². The van der Waals surface area contributed by atoms with Crippen LogP contribution in [0.15, 0.2) is 0 Å². The topological polar surface area (TPSA) is 49.4 Å². The molecule has 186 valence electrons. The SMILES string of the molecule is CCCCOC[C@@H]1[C@@H](OCCCC)[C@H](OCCCC)[C@@H](OCCCC)CN1CCOC. The highest BCUT2D eigenvalue weighted by Gasteiger charge is 2.45. The van der Waals surface area contributed by atoms with Crippen molar-refractivity contribution in [3.63, 3.8) is 0 Å². The molecule has 0 saturated carbocycles. The van der Waals surface area contributed by atoms with Gasteiger partial charge in [0, 0.05) is 46.6 Å². The fourth-order valence-corrected chi connectivity index (χ4v) is 3.89. The third-order valence-electron chi connectivity index (χ3n) is 5.91. The van der Waals surface area contributed by atoms with Gasteiger partial charge in [0.15, 0.2) is 0 Å². The summed E-state index contributed by atoms with van der Waals surface area (Å²) in [7, 11) is 1.76. The number of nitrogens with zero attached hydrogens (tertiary/aromatic N) is 1. The number of methoxy groups -OCH3 is 1. The quantitative estimate of drug-likeness (QED) is 0.253. The fraction of sp³-hybridized carbons (Fsp3) is 1.00. The zero-order valence-electron chi connectivity index (χ0n) is 21.1. The highest BCUT2D eigenvalue weighted by atomic mass is 16.6. The van der Waals surface area contributed by atoms with Crippen LogP contribution in [-0.4, -0.2) is 89.1 Å². The van der Waals surface area contributed by atoms with Gasteiger partial charge in [0.2, 0.25) is 0 Å². The lowest BCUT2D eigenvalue weighted by Crippen LogP contribution is -2.65. The highest BCUT2D eigenvalue weighted by Crippen LogP contribution is 2.27. The first-order valence-corrected chi connectivity index (χ1v) is 12.9. The molecule has 6 heteroatoms. The van der Waals surface area contributed by atoms with Crippen molar-refractivity contribution in [2.75, 3.05) is 59.8 Å². The number of hydrogen-bond acceptors (Lipinski definition) is 6. The summed E-state index contributed by atoms with van der Waals surface area (Å²) in [5.41, 5.74) is 0. The zero-order valence-corrected chi connectivity index (χ0v) is 21.1. The smallest absolute Gasteiger partial charge is 0.113 e. The Labute approximate surface area is 192 Å². The van der Waals surface area contributed by atoms with Gasteiger partial charge in [-0.15, -0.1) is 0 Å². The second-order valence-corrected chi connectivity index (χ2v) is 8.62.